The van der Waals surface area contributed by atoms with Crippen LogP contribution in [0.3, 0.4) is 0 Å². The van der Waals surface area contributed by atoms with Crippen LogP contribution in [0.1, 0.15) is 17.3 Å². The molecule has 0 fully saturated rings. The summed E-state index contributed by atoms with van der Waals surface area (Å²) < 4.78 is 6.25. The quantitative estimate of drug-likeness (QED) is 0.406. The van der Waals surface area contributed by atoms with E-state index in [0.29, 0.717) is 10.9 Å². The number of aromatic nitrogens is 4. The molecule has 3 aromatic rings. The minimum Gasteiger partial charge on any atom is -0.462 e. The summed E-state index contributed by atoms with van der Waals surface area (Å²) in [6.07, 6.45) is 0. The number of rotatable bonds is 3. The van der Waals surface area contributed by atoms with E-state index in [4.69, 9.17) is 4.74 Å². The van der Waals surface area contributed by atoms with Crippen molar-refractivity contribution in [2.45, 2.75) is 6.92 Å². The summed E-state index contributed by atoms with van der Waals surface area (Å²) in [5, 5.41) is 22.5. The van der Waals surface area contributed by atoms with Crippen molar-refractivity contribution in [3.63, 3.8) is 0 Å². The second-order valence-electron chi connectivity index (χ2n) is 4.19. The van der Waals surface area contributed by atoms with E-state index >= 15 is 0 Å². The zero-order valence-corrected chi connectivity index (χ0v) is 10.9. The number of esters is 1. The molecule has 9 heteroatoms. The van der Waals surface area contributed by atoms with Crippen LogP contribution in [0.5, 0.6) is 0 Å². The summed E-state index contributed by atoms with van der Waals surface area (Å²) in [7, 11) is 0. The Kier molecular flexibility index (Phi) is 2.94. The van der Waals surface area contributed by atoms with Crippen molar-refractivity contribution in [2.75, 3.05) is 6.61 Å². The van der Waals surface area contributed by atoms with Gasteiger partial charge in [0.05, 0.1) is 17.0 Å². The zero-order valence-electron chi connectivity index (χ0n) is 10.9. The number of hydrogen-bond donors (Lipinski definition) is 0. The van der Waals surface area contributed by atoms with Crippen molar-refractivity contribution in [1.82, 2.24) is 20.0 Å². The van der Waals surface area contributed by atoms with E-state index in [1.54, 1.807) is 13.0 Å². The Labute approximate surface area is 117 Å². The van der Waals surface area contributed by atoms with Crippen LogP contribution in [0.15, 0.2) is 24.3 Å². The highest BCUT2D eigenvalue weighted by Gasteiger charge is 2.18. The van der Waals surface area contributed by atoms with Crippen molar-refractivity contribution in [3.8, 4) is 0 Å². The number of nitro groups is 1. The van der Waals surface area contributed by atoms with E-state index in [1.807, 2.05) is 0 Å². The molecular formula is C12H9N5O4. The predicted molar refractivity (Wildman–Crippen MR) is 70.9 cm³/mol. The predicted octanol–water partition coefficient (Wildman–Crippen LogP) is 1.36. The molecule has 2 aromatic heterocycles. The summed E-state index contributed by atoms with van der Waals surface area (Å²) in [6, 6.07) is 5.81. The number of nitro benzene ring substituents is 1. The average Bonchev–Trinajstić information content (AvgIpc) is 2.95. The Morgan fingerprint density at radius 1 is 1.43 bits per heavy atom. The van der Waals surface area contributed by atoms with Crippen LogP contribution < -0.4 is 0 Å². The average molecular weight is 287 g/mol. The van der Waals surface area contributed by atoms with E-state index < -0.39 is 10.9 Å². The van der Waals surface area contributed by atoms with Crippen LogP contribution in [0.2, 0.25) is 0 Å². The molecule has 106 valence electrons. The van der Waals surface area contributed by atoms with Crippen molar-refractivity contribution >= 4 is 28.2 Å². The van der Waals surface area contributed by atoms with Gasteiger partial charge in [-0.25, -0.2) is 4.79 Å². The molecule has 0 aliphatic rings. The fourth-order valence-corrected chi connectivity index (χ4v) is 2.05. The normalized spacial score (nSPS) is 10.9. The van der Waals surface area contributed by atoms with Crippen LogP contribution in [0.25, 0.3) is 16.6 Å². The van der Waals surface area contributed by atoms with E-state index in [-0.39, 0.29) is 23.5 Å². The van der Waals surface area contributed by atoms with Gasteiger partial charge in [-0.15, -0.1) is 5.10 Å². The highest BCUT2D eigenvalue weighted by molar-refractivity contribution is 6.00. The molecule has 0 saturated heterocycles. The van der Waals surface area contributed by atoms with Gasteiger partial charge in [0.15, 0.2) is 5.65 Å². The van der Waals surface area contributed by atoms with Gasteiger partial charge < -0.3 is 4.74 Å². The third-order valence-corrected chi connectivity index (χ3v) is 2.96. The summed E-state index contributed by atoms with van der Waals surface area (Å²) in [4.78, 5) is 22.3. The number of ether oxygens (including phenoxy) is 1. The lowest BCUT2D eigenvalue weighted by molar-refractivity contribution is -0.384. The number of non-ortho nitro benzene ring substituents is 1. The number of carbonyl (C=O) groups is 1. The van der Waals surface area contributed by atoms with Gasteiger partial charge in [-0.1, -0.05) is 0 Å². The molecule has 0 aliphatic heterocycles. The van der Waals surface area contributed by atoms with Crippen LogP contribution in [-0.2, 0) is 4.74 Å². The molecule has 0 saturated carbocycles. The molecule has 0 spiro atoms. The molecule has 2 heterocycles. The van der Waals surface area contributed by atoms with E-state index in [9.17, 15) is 14.9 Å². The van der Waals surface area contributed by atoms with Gasteiger partial charge in [0.25, 0.3) is 5.69 Å². The van der Waals surface area contributed by atoms with Crippen molar-refractivity contribution in [2.24, 2.45) is 0 Å². The molecule has 0 unspecified atom stereocenters. The van der Waals surface area contributed by atoms with Gasteiger partial charge in [0, 0.05) is 17.5 Å². The van der Waals surface area contributed by atoms with Crippen LogP contribution in [0, 0.1) is 10.1 Å². The molecular weight excluding hydrogens is 278 g/mol. The molecule has 0 radical (unpaired) electrons. The number of hydrogen-bond acceptors (Lipinski definition) is 7. The largest absolute Gasteiger partial charge is 0.462 e. The molecule has 3 rings (SSSR count). The maximum absolute atomic E-state index is 11.9. The Bertz CT molecular complexity index is 873. The minimum absolute atomic E-state index is 0.0804. The molecule has 9 nitrogen and oxygen atoms in total. The Morgan fingerprint density at radius 3 is 2.95 bits per heavy atom. The van der Waals surface area contributed by atoms with E-state index in [0.717, 1.165) is 0 Å². The zero-order chi connectivity index (χ0) is 15.0. The molecule has 21 heavy (non-hydrogen) atoms. The SMILES string of the molecule is CCOC(=O)c1cc2ccc([N+](=O)[O-])cc2n2nnnc12. The third kappa shape index (κ3) is 2.04. The van der Waals surface area contributed by atoms with Gasteiger partial charge in [-0.05, 0) is 29.5 Å². The van der Waals surface area contributed by atoms with Crippen molar-refractivity contribution < 1.29 is 14.5 Å². The highest BCUT2D eigenvalue weighted by Crippen LogP contribution is 2.24. The lowest BCUT2D eigenvalue weighted by Crippen LogP contribution is -2.08. The number of pyridine rings is 1. The van der Waals surface area contributed by atoms with Crippen molar-refractivity contribution in [1.29, 1.82) is 0 Å². The van der Waals surface area contributed by atoms with E-state index in [2.05, 4.69) is 15.5 Å². The number of fused-ring (bicyclic) bond motifs is 3. The van der Waals surface area contributed by atoms with Gasteiger partial charge >= 0.3 is 5.97 Å². The molecule has 0 aliphatic carbocycles. The minimum atomic E-state index is -0.544. The monoisotopic (exact) mass is 287 g/mol. The van der Waals surface area contributed by atoms with Crippen LogP contribution >= 0.6 is 0 Å². The molecule has 0 bridgehead atoms. The van der Waals surface area contributed by atoms with Gasteiger partial charge in [-0.2, -0.15) is 4.52 Å². The maximum atomic E-state index is 11.9. The highest BCUT2D eigenvalue weighted by atomic mass is 16.6. The van der Waals surface area contributed by atoms with Gasteiger partial charge in [0.2, 0.25) is 0 Å². The molecule has 0 atom stereocenters. The summed E-state index contributed by atoms with van der Waals surface area (Å²) >= 11 is 0. The maximum Gasteiger partial charge on any atom is 0.342 e. The second kappa shape index (κ2) is 4.78. The second-order valence-corrected chi connectivity index (χ2v) is 4.19. The summed E-state index contributed by atoms with van der Waals surface area (Å²) in [5.41, 5.74) is 0.769. The Balaban J connectivity index is 2.32. The summed E-state index contributed by atoms with van der Waals surface area (Å²) in [6.45, 7) is 1.92. The van der Waals surface area contributed by atoms with Crippen molar-refractivity contribution in [3.05, 3.63) is 39.9 Å². The number of benzene rings is 1. The Hall–Kier alpha value is -3.10. The van der Waals surface area contributed by atoms with Gasteiger partial charge in [0.1, 0.15) is 5.56 Å². The molecule has 0 amide bonds. The first-order valence-electron chi connectivity index (χ1n) is 6.08. The van der Waals surface area contributed by atoms with E-state index in [1.165, 1.54) is 22.7 Å². The third-order valence-electron chi connectivity index (χ3n) is 2.96. The van der Waals surface area contributed by atoms with Crippen LogP contribution in [0.4, 0.5) is 5.69 Å². The number of carbonyl (C=O) groups excluding carboxylic acids is 1. The first kappa shape index (κ1) is 12.9. The topological polar surface area (TPSA) is 113 Å². The lowest BCUT2D eigenvalue weighted by Gasteiger charge is -2.05. The first-order chi connectivity index (χ1) is 10.1. The fraction of sp³-hybridized carbons (Fsp3) is 0.167. The molecule has 0 N–H and O–H groups in total. The number of tetrazole rings is 1. The first-order valence-corrected chi connectivity index (χ1v) is 6.08. The standard InChI is InChI=1S/C12H9N5O4/c1-2-21-12(18)9-5-7-3-4-8(17(19)20)6-10(7)16-11(9)13-14-15-16/h3-6H,2H2,1H3. The lowest BCUT2D eigenvalue weighted by atomic mass is 10.1. The summed E-state index contributed by atoms with van der Waals surface area (Å²) in [5.74, 6) is -0.544. The number of nitrogens with zero attached hydrogens (tertiary/aromatic N) is 5. The molecule has 1 aromatic carbocycles. The Morgan fingerprint density at radius 2 is 2.24 bits per heavy atom. The smallest absolute Gasteiger partial charge is 0.342 e. The van der Waals surface area contributed by atoms with Gasteiger partial charge in [-0.3, -0.25) is 10.1 Å². The van der Waals surface area contributed by atoms with Crippen LogP contribution in [-0.4, -0.2) is 37.5 Å². The fourth-order valence-electron chi connectivity index (χ4n) is 2.05.